The number of nitrogens with zero attached hydrogens (tertiary/aromatic N) is 3. The van der Waals surface area contributed by atoms with Gasteiger partial charge in [0.25, 0.3) is 5.91 Å². The third kappa shape index (κ3) is 2.67. The fourth-order valence-electron chi connectivity index (χ4n) is 2.08. The van der Waals surface area contributed by atoms with Crippen LogP contribution in [0.5, 0.6) is 0 Å². The molecule has 0 saturated heterocycles. The van der Waals surface area contributed by atoms with Gasteiger partial charge in [-0.2, -0.15) is 5.10 Å². The molecule has 2 rings (SSSR count). The molecule has 106 valence electrons. The van der Waals surface area contributed by atoms with E-state index in [9.17, 15) is 4.79 Å². The Bertz CT molecular complexity index is 649. The van der Waals surface area contributed by atoms with Crippen molar-refractivity contribution in [2.75, 3.05) is 5.32 Å². The van der Waals surface area contributed by atoms with E-state index in [0.717, 1.165) is 17.1 Å². The highest BCUT2D eigenvalue weighted by molar-refractivity contribution is 6.33. The number of hydrogen-bond donors (Lipinski definition) is 1. The van der Waals surface area contributed by atoms with Crippen molar-refractivity contribution in [3.05, 3.63) is 40.4 Å². The fourth-order valence-corrected chi connectivity index (χ4v) is 2.29. The van der Waals surface area contributed by atoms with Crippen molar-refractivity contribution >= 4 is 23.2 Å². The lowest BCUT2D eigenvalue weighted by Gasteiger charge is -2.09. The van der Waals surface area contributed by atoms with Crippen LogP contribution in [0, 0.1) is 13.8 Å². The predicted octanol–water partition coefficient (Wildman–Crippen LogP) is 3.38. The summed E-state index contributed by atoms with van der Waals surface area (Å²) in [5.74, 6) is -0.280. The zero-order chi connectivity index (χ0) is 14.9. The maximum absolute atomic E-state index is 12.2. The summed E-state index contributed by atoms with van der Waals surface area (Å²) in [6.45, 7) is 7.89. The minimum Gasteiger partial charge on any atom is -0.319 e. The van der Waals surface area contributed by atoms with Crippen LogP contribution in [-0.4, -0.2) is 20.7 Å². The Labute approximate surface area is 123 Å². The van der Waals surface area contributed by atoms with Crippen LogP contribution in [0.25, 0.3) is 0 Å². The molecule has 6 heteroatoms. The van der Waals surface area contributed by atoms with Crippen molar-refractivity contribution in [3.63, 3.8) is 0 Å². The molecule has 0 saturated carbocycles. The van der Waals surface area contributed by atoms with E-state index < -0.39 is 0 Å². The molecule has 1 amide bonds. The maximum Gasteiger partial charge on any atom is 0.258 e. The standard InChI is InChI=1S/C14H17ClN4O/c1-8(2)19-10(4)12(9(3)18-19)17-14(20)11-6-5-7-16-13(11)15/h5-8H,1-4H3,(H,17,20). The van der Waals surface area contributed by atoms with Crippen LogP contribution in [-0.2, 0) is 0 Å². The number of nitrogens with one attached hydrogen (secondary N) is 1. The Kier molecular flexibility index (Phi) is 4.09. The lowest BCUT2D eigenvalue weighted by molar-refractivity contribution is 0.102. The second-order valence-electron chi connectivity index (χ2n) is 4.88. The Morgan fingerprint density at radius 1 is 1.40 bits per heavy atom. The van der Waals surface area contributed by atoms with E-state index in [0.29, 0.717) is 5.56 Å². The second kappa shape index (κ2) is 5.63. The summed E-state index contributed by atoms with van der Waals surface area (Å²) < 4.78 is 1.88. The van der Waals surface area contributed by atoms with Gasteiger partial charge in [-0.1, -0.05) is 11.6 Å². The average Bonchev–Trinajstić information content (AvgIpc) is 2.67. The molecule has 0 radical (unpaired) electrons. The monoisotopic (exact) mass is 292 g/mol. The molecule has 2 aromatic rings. The molecule has 0 aromatic carbocycles. The molecule has 0 aliphatic heterocycles. The Hall–Kier alpha value is -1.88. The van der Waals surface area contributed by atoms with Crippen LogP contribution in [0.15, 0.2) is 18.3 Å². The second-order valence-corrected chi connectivity index (χ2v) is 5.24. The Morgan fingerprint density at radius 3 is 2.65 bits per heavy atom. The number of carbonyl (C=O) groups is 1. The topological polar surface area (TPSA) is 59.8 Å². The minimum absolute atomic E-state index is 0.191. The van der Waals surface area contributed by atoms with Crippen molar-refractivity contribution in [3.8, 4) is 0 Å². The molecule has 1 N–H and O–H groups in total. The zero-order valence-electron chi connectivity index (χ0n) is 11.9. The van der Waals surface area contributed by atoms with Crippen LogP contribution >= 0.6 is 11.6 Å². The third-order valence-corrected chi connectivity index (χ3v) is 3.36. The SMILES string of the molecule is Cc1nn(C(C)C)c(C)c1NC(=O)c1cccnc1Cl. The van der Waals surface area contributed by atoms with Gasteiger partial charge in [-0.15, -0.1) is 0 Å². The number of amides is 1. The number of carbonyl (C=O) groups excluding carboxylic acids is 1. The first-order valence-electron chi connectivity index (χ1n) is 6.39. The van der Waals surface area contributed by atoms with Gasteiger partial charge in [0.2, 0.25) is 0 Å². The number of pyridine rings is 1. The lowest BCUT2D eigenvalue weighted by atomic mass is 10.2. The molecule has 0 aliphatic carbocycles. The number of anilines is 1. The molecular weight excluding hydrogens is 276 g/mol. The van der Waals surface area contributed by atoms with Gasteiger partial charge in [0.05, 0.1) is 22.6 Å². The first kappa shape index (κ1) is 14.5. The number of aryl methyl sites for hydroxylation is 1. The Morgan fingerprint density at radius 2 is 2.10 bits per heavy atom. The number of aromatic nitrogens is 3. The van der Waals surface area contributed by atoms with E-state index in [4.69, 9.17) is 11.6 Å². The first-order valence-corrected chi connectivity index (χ1v) is 6.77. The summed E-state index contributed by atoms with van der Waals surface area (Å²) in [5.41, 5.74) is 2.78. The minimum atomic E-state index is -0.280. The van der Waals surface area contributed by atoms with Crippen molar-refractivity contribution in [2.45, 2.75) is 33.7 Å². The van der Waals surface area contributed by atoms with Gasteiger partial charge < -0.3 is 5.32 Å². The van der Waals surface area contributed by atoms with Crippen LogP contribution < -0.4 is 5.32 Å². The normalized spacial score (nSPS) is 10.9. The van der Waals surface area contributed by atoms with Crippen molar-refractivity contribution in [2.24, 2.45) is 0 Å². The summed E-state index contributed by atoms with van der Waals surface area (Å²) in [5, 5.41) is 7.49. The Balaban J connectivity index is 2.31. The van der Waals surface area contributed by atoms with Gasteiger partial charge >= 0.3 is 0 Å². The highest BCUT2D eigenvalue weighted by atomic mass is 35.5. The number of halogens is 1. The van der Waals surface area contributed by atoms with Crippen LogP contribution in [0.1, 0.15) is 41.6 Å². The predicted molar refractivity (Wildman–Crippen MR) is 79.3 cm³/mol. The molecule has 2 aromatic heterocycles. The van der Waals surface area contributed by atoms with E-state index in [1.54, 1.807) is 18.3 Å². The van der Waals surface area contributed by atoms with Crippen molar-refractivity contribution in [1.29, 1.82) is 0 Å². The largest absolute Gasteiger partial charge is 0.319 e. The molecule has 5 nitrogen and oxygen atoms in total. The molecular formula is C14H17ClN4O. The molecule has 0 bridgehead atoms. The van der Waals surface area contributed by atoms with Crippen LogP contribution in [0.4, 0.5) is 5.69 Å². The lowest BCUT2D eigenvalue weighted by Crippen LogP contribution is -2.14. The highest BCUT2D eigenvalue weighted by Crippen LogP contribution is 2.23. The molecule has 0 unspecified atom stereocenters. The smallest absolute Gasteiger partial charge is 0.258 e. The summed E-state index contributed by atoms with van der Waals surface area (Å²) in [4.78, 5) is 16.1. The maximum atomic E-state index is 12.2. The van der Waals surface area contributed by atoms with Gasteiger partial charge in [-0.05, 0) is 39.8 Å². The van der Waals surface area contributed by atoms with Crippen LogP contribution in [0.2, 0.25) is 5.15 Å². The van der Waals surface area contributed by atoms with Gasteiger partial charge in [-0.3, -0.25) is 9.48 Å². The highest BCUT2D eigenvalue weighted by Gasteiger charge is 2.18. The van der Waals surface area contributed by atoms with E-state index in [1.807, 2.05) is 32.4 Å². The molecule has 20 heavy (non-hydrogen) atoms. The number of rotatable bonds is 3. The van der Waals surface area contributed by atoms with E-state index >= 15 is 0 Å². The van der Waals surface area contributed by atoms with Crippen molar-refractivity contribution < 1.29 is 4.79 Å². The van der Waals surface area contributed by atoms with Gasteiger partial charge in [-0.25, -0.2) is 4.98 Å². The van der Waals surface area contributed by atoms with E-state index in [-0.39, 0.29) is 17.1 Å². The van der Waals surface area contributed by atoms with E-state index in [1.165, 1.54) is 0 Å². The van der Waals surface area contributed by atoms with Gasteiger partial charge in [0.1, 0.15) is 5.15 Å². The van der Waals surface area contributed by atoms with Crippen LogP contribution in [0.3, 0.4) is 0 Å². The fraction of sp³-hybridized carbons (Fsp3) is 0.357. The summed E-state index contributed by atoms with van der Waals surface area (Å²) >= 11 is 5.93. The van der Waals surface area contributed by atoms with Crippen molar-refractivity contribution in [1.82, 2.24) is 14.8 Å². The average molecular weight is 293 g/mol. The van der Waals surface area contributed by atoms with Gasteiger partial charge in [0.15, 0.2) is 0 Å². The number of hydrogen-bond acceptors (Lipinski definition) is 3. The molecule has 2 heterocycles. The van der Waals surface area contributed by atoms with Gasteiger partial charge in [0, 0.05) is 12.2 Å². The quantitative estimate of drug-likeness (QED) is 0.882. The summed E-state index contributed by atoms with van der Waals surface area (Å²) in [6.07, 6.45) is 1.55. The third-order valence-electron chi connectivity index (χ3n) is 3.06. The summed E-state index contributed by atoms with van der Waals surface area (Å²) in [6, 6.07) is 3.56. The molecule has 0 spiro atoms. The molecule has 0 aliphatic rings. The molecule has 0 fully saturated rings. The summed E-state index contributed by atoms with van der Waals surface area (Å²) in [7, 11) is 0. The molecule has 0 atom stereocenters. The first-order chi connectivity index (χ1) is 9.41. The van der Waals surface area contributed by atoms with E-state index in [2.05, 4.69) is 15.4 Å². The zero-order valence-corrected chi connectivity index (χ0v) is 12.7.